The summed E-state index contributed by atoms with van der Waals surface area (Å²) >= 11 is 0. The molecule has 1 N–H and O–H groups in total. The number of esters is 1. The van der Waals surface area contributed by atoms with E-state index in [4.69, 9.17) is 4.74 Å². The molecule has 1 aliphatic rings. The number of benzene rings is 3. The van der Waals surface area contributed by atoms with Crippen LogP contribution in [0.25, 0.3) is 0 Å². The van der Waals surface area contributed by atoms with E-state index in [1.807, 2.05) is 24.3 Å². The maximum absolute atomic E-state index is 13.2. The highest BCUT2D eigenvalue weighted by molar-refractivity contribution is 6.01. The minimum atomic E-state index is -1.22. The van der Waals surface area contributed by atoms with Gasteiger partial charge in [-0.2, -0.15) is 0 Å². The molecule has 3 aromatic rings. The normalized spacial score (nSPS) is 15.9. The molecule has 2 unspecified atom stereocenters. The van der Waals surface area contributed by atoms with Crippen LogP contribution in [-0.4, -0.2) is 30.1 Å². The quantitative estimate of drug-likeness (QED) is 0.369. The monoisotopic (exact) mass is 484 g/mol. The van der Waals surface area contributed by atoms with Crippen molar-refractivity contribution in [3.8, 4) is 0 Å². The molecule has 0 bridgehead atoms. The highest BCUT2D eigenvalue weighted by Gasteiger charge is 2.38. The lowest BCUT2D eigenvalue weighted by atomic mass is 10.1. The Bertz CT molecular complexity index is 1270. The SMILES string of the molecule is CCc1ccc(N2CC(C(=O)OC(C(=O)Nc3cccc(C(C)=O)c3)c3ccccc3)CC2=O)cc1. The van der Waals surface area contributed by atoms with Crippen molar-refractivity contribution < 1.29 is 23.9 Å². The summed E-state index contributed by atoms with van der Waals surface area (Å²) in [5.74, 6) is -2.15. The number of amides is 2. The van der Waals surface area contributed by atoms with Gasteiger partial charge in [-0.25, -0.2) is 0 Å². The van der Waals surface area contributed by atoms with Crippen LogP contribution in [0.15, 0.2) is 78.9 Å². The van der Waals surface area contributed by atoms with Gasteiger partial charge >= 0.3 is 5.97 Å². The third-order valence-electron chi connectivity index (χ3n) is 6.23. The maximum Gasteiger partial charge on any atom is 0.312 e. The van der Waals surface area contributed by atoms with Gasteiger partial charge in [0.25, 0.3) is 5.91 Å². The molecular weight excluding hydrogens is 456 g/mol. The molecule has 0 saturated carbocycles. The van der Waals surface area contributed by atoms with Crippen LogP contribution in [0.3, 0.4) is 0 Å². The van der Waals surface area contributed by atoms with E-state index in [1.165, 1.54) is 6.92 Å². The van der Waals surface area contributed by atoms with E-state index >= 15 is 0 Å². The average molecular weight is 485 g/mol. The Balaban J connectivity index is 1.50. The Hall–Kier alpha value is -4.26. The van der Waals surface area contributed by atoms with Gasteiger partial charge in [0.2, 0.25) is 12.0 Å². The molecule has 1 aliphatic heterocycles. The molecule has 1 heterocycles. The Morgan fingerprint density at radius 2 is 1.72 bits per heavy atom. The molecule has 7 nitrogen and oxygen atoms in total. The molecule has 7 heteroatoms. The van der Waals surface area contributed by atoms with E-state index in [0.29, 0.717) is 16.8 Å². The zero-order chi connectivity index (χ0) is 25.7. The van der Waals surface area contributed by atoms with Crippen LogP contribution in [0.1, 0.15) is 47.9 Å². The summed E-state index contributed by atoms with van der Waals surface area (Å²) in [5.41, 5.74) is 3.27. The van der Waals surface area contributed by atoms with Crippen LogP contribution in [0.2, 0.25) is 0 Å². The van der Waals surface area contributed by atoms with Gasteiger partial charge in [-0.1, -0.05) is 61.5 Å². The second-order valence-electron chi connectivity index (χ2n) is 8.78. The summed E-state index contributed by atoms with van der Waals surface area (Å²) in [7, 11) is 0. The van der Waals surface area contributed by atoms with Crippen molar-refractivity contribution in [2.24, 2.45) is 5.92 Å². The van der Waals surface area contributed by atoms with E-state index in [-0.39, 0.29) is 24.7 Å². The molecule has 0 aromatic heterocycles. The molecule has 3 aromatic carbocycles. The topological polar surface area (TPSA) is 92.8 Å². The third-order valence-corrected chi connectivity index (χ3v) is 6.23. The third kappa shape index (κ3) is 5.68. The first-order chi connectivity index (χ1) is 17.4. The van der Waals surface area contributed by atoms with E-state index in [2.05, 4.69) is 12.2 Å². The van der Waals surface area contributed by atoms with E-state index in [0.717, 1.165) is 17.7 Å². The van der Waals surface area contributed by atoms with Crippen molar-refractivity contribution in [3.05, 3.63) is 95.6 Å². The lowest BCUT2D eigenvalue weighted by Crippen LogP contribution is -2.30. The van der Waals surface area contributed by atoms with Crippen LogP contribution in [0.4, 0.5) is 11.4 Å². The van der Waals surface area contributed by atoms with Crippen molar-refractivity contribution in [1.82, 2.24) is 0 Å². The summed E-state index contributed by atoms with van der Waals surface area (Å²) in [6, 6.07) is 22.9. The van der Waals surface area contributed by atoms with E-state index in [9.17, 15) is 19.2 Å². The largest absolute Gasteiger partial charge is 0.447 e. The summed E-state index contributed by atoms with van der Waals surface area (Å²) in [4.78, 5) is 52.3. The molecule has 36 heavy (non-hydrogen) atoms. The minimum absolute atomic E-state index is 0.0121. The number of ether oxygens (including phenoxy) is 1. The smallest absolute Gasteiger partial charge is 0.312 e. The van der Waals surface area contributed by atoms with Crippen LogP contribution in [0.5, 0.6) is 0 Å². The molecule has 1 fully saturated rings. The second-order valence-corrected chi connectivity index (χ2v) is 8.78. The van der Waals surface area contributed by atoms with Crippen LogP contribution in [-0.2, 0) is 25.5 Å². The molecule has 184 valence electrons. The molecule has 0 radical (unpaired) electrons. The first kappa shape index (κ1) is 24.9. The van der Waals surface area contributed by atoms with E-state index < -0.39 is 23.9 Å². The van der Waals surface area contributed by atoms with Crippen molar-refractivity contribution in [2.75, 3.05) is 16.8 Å². The number of aryl methyl sites for hydroxylation is 1. The standard InChI is InChI=1S/C29H28N2O5/c1-3-20-12-14-25(15-13-20)31-18-23(17-26(31)33)29(35)36-27(21-8-5-4-6-9-21)28(34)30-24-11-7-10-22(16-24)19(2)32/h4-16,23,27H,3,17-18H2,1-2H3,(H,30,34). The summed E-state index contributed by atoms with van der Waals surface area (Å²) in [6.07, 6.45) is -0.309. The number of rotatable bonds is 8. The first-order valence-corrected chi connectivity index (χ1v) is 11.9. The first-order valence-electron chi connectivity index (χ1n) is 11.9. The second kappa shape index (κ2) is 11.0. The van der Waals surface area contributed by atoms with Crippen LogP contribution >= 0.6 is 0 Å². The van der Waals surface area contributed by atoms with Crippen LogP contribution < -0.4 is 10.2 Å². The average Bonchev–Trinajstić information content (AvgIpc) is 3.29. The van der Waals surface area contributed by atoms with Gasteiger partial charge in [-0.3, -0.25) is 19.2 Å². The zero-order valence-corrected chi connectivity index (χ0v) is 20.3. The van der Waals surface area contributed by atoms with Crippen molar-refractivity contribution in [1.29, 1.82) is 0 Å². The number of nitrogens with one attached hydrogen (secondary N) is 1. The van der Waals surface area contributed by atoms with Crippen molar-refractivity contribution in [2.45, 2.75) is 32.8 Å². The molecular formula is C29H28N2O5. The summed E-state index contributed by atoms with van der Waals surface area (Å²) in [6.45, 7) is 3.69. The van der Waals surface area contributed by atoms with Gasteiger partial charge in [-0.05, 0) is 43.2 Å². The number of carbonyl (C=O) groups excluding carboxylic acids is 4. The van der Waals surface area contributed by atoms with Gasteiger partial charge in [0, 0.05) is 35.5 Å². The fraction of sp³-hybridized carbons (Fsp3) is 0.241. The highest BCUT2D eigenvalue weighted by Crippen LogP contribution is 2.29. The lowest BCUT2D eigenvalue weighted by Gasteiger charge is -2.21. The maximum atomic E-state index is 13.2. The molecule has 1 saturated heterocycles. The molecule has 4 rings (SSSR count). The fourth-order valence-corrected chi connectivity index (χ4v) is 4.16. The molecule has 0 spiro atoms. The zero-order valence-electron chi connectivity index (χ0n) is 20.3. The van der Waals surface area contributed by atoms with Gasteiger partial charge in [-0.15, -0.1) is 0 Å². The van der Waals surface area contributed by atoms with Crippen LogP contribution in [0, 0.1) is 5.92 Å². The van der Waals surface area contributed by atoms with Crippen molar-refractivity contribution >= 4 is 34.9 Å². The molecule has 2 atom stereocenters. The number of Topliss-reactive ketones (excluding diaryl/α,β-unsaturated/α-hetero) is 1. The number of anilines is 2. The number of hydrogen-bond donors (Lipinski definition) is 1. The Kier molecular flexibility index (Phi) is 7.59. The highest BCUT2D eigenvalue weighted by atomic mass is 16.5. The number of ketones is 1. The van der Waals surface area contributed by atoms with Gasteiger partial charge < -0.3 is 15.0 Å². The number of nitrogens with zero attached hydrogens (tertiary/aromatic N) is 1. The molecule has 2 amide bonds. The predicted octanol–water partition coefficient (Wildman–Crippen LogP) is 4.73. The fourth-order valence-electron chi connectivity index (χ4n) is 4.16. The van der Waals surface area contributed by atoms with Gasteiger partial charge in [0.05, 0.1) is 5.92 Å². The lowest BCUT2D eigenvalue weighted by molar-refractivity contribution is -0.158. The Morgan fingerprint density at radius 3 is 2.39 bits per heavy atom. The van der Waals surface area contributed by atoms with Gasteiger partial charge in [0.15, 0.2) is 5.78 Å². The molecule has 0 aliphatic carbocycles. The Labute approximate surface area is 210 Å². The minimum Gasteiger partial charge on any atom is -0.447 e. The predicted molar refractivity (Wildman–Crippen MR) is 137 cm³/mol. The summed E-state index contributed by atoms with van der Waals surface area (Å²) in [5, 5.41) is 2.74. The summed E-state index contributed by atoms with van der Waals surface area (Å²) < 4.78 is 5.70. The number of hydrogen-bond acceptors (Lipinski definition) is 5. The number of carbonyl (C=O) groups is 4. The van der Waals surface area contributed by atoms with Gasteiger partial charge in [0.1, 0.15) is 0 Å². The van der Waals surface area contributed by atoms with E-state index in [1.54, 1.807) is 59.5 Å². The van der Waals surface area contributed by atoms with Crippen molar-refractivity contribution in [3.63, 3.8) is 0 Å². The Morgan fingerprint density at radius 1 is 1.00 bits per heavy atom.